The molecule has 2 amide bonds. The van der Waals surface area contributed by atoms with Gasteiger partial charge >= 0.3 is 0 Å². The third-order valence-electron chi connectivity index (χ3n) is 6.47. The smallest absolute Gasteiger partial charge is 0.256 e. The molecule has 0 atom stereocenters. The maximum absolute atomic E-state index is 13.3. The first-order chi connectivity index (χ1) is 18.3. The summed E-state index contributed by atoms with van der Waals surface area (Å²) < 4.78 is 6.17. The van der Waals surface area contributed by atoms with Crippen LogP contribution in [-0.2, 0) is 13.1 Å². The van der Waals surface area contributed by atoms with Crippen LogP contribution in [0.4, 0.5) is 5.69 Å². The van der Waals surface area contributed by atoms with Crippen molar-refractivity contribution in [2.75, 3.05) is 5.73 Å². The summed E-state index contributed by atoms with van der Waals surface area (Å²) >= 11 is 0. The fourth-order valence-electron chi connectivity index (χ4n) is 4.35. The Balaban J connectivity index is 1.61. The Bertz CT molecular complexity index is 1700. The van der Waals surface area contributed by atoms with Crippen LogP contribution in [0.2, 0.25) is 0 Å². The molecule has 0 fully saturated rings. The van der Waals surface area contributed by atoms with Crippen molar-refractivity contribution in [3.63, 3.8) is 0 Å². The van der Waals surface area contributed by atoms with Crippen molar-refractivity contribution in [2.24, 2.45) is 0 Å². The molecule has 1 heterocycles. The van der Waals surface area contributed by atoms with Gasteiger partial charge in [-0.3, -0.25) is 14.4 Å². The quantitative estimate of drug-likeness (QED) is 0.232. The van der Waals surface area contributed by atoms with Crippen molar-refractivity contribution in [3.05, 3.63) is 116 Å². The molecule has 0 spiro atoms. The van der Waals surface area contributed by atoms with E-state index in [0.29, 0.717) is 12.1 Å². The Hall–Kier alpha value is -4.98. The molecule has 8 nitrogen and oxygen atoms in total. The van der Waals surface area contributed by atoms with Gasteiger partial charge in [-0.1, -0.05) is 66.7 Å². The van der Waals surface area contributed by atoms with E-state index >= 15 is 0 Å². The van der Waals surface area contributed by atoms with Crippen molar-refractivity contribution >= 4 is 28.6 Å². The van der Waals surface area contributed by atoms with E-state index in [-0.39, 0.29) is 51.8 Å². The van der Waals surface area contributed by atoms with Crippen molar-refractivity contribution in [2.45, 2.75) is 26.9 Å². The number of carbonyl (C=O) groups is 2. The Morgan fingerprint density at radius 2 is 1.42 bits per heavy atom. The normalized spacial score (nSPS) is 11.0. The number of carbonyl (C=O) groups excluding carboxylic acids is 2. The van der Waals surface area contributed by atoms with Crippen LogP contribution >= 0.6 is 0 Å². The molecule has 1 aliphatic carbocycles. The first-order valence-electron chi connectivity index (χ1n) is 12.2. The van der Waals surface area contributed by atoms with Crippen LogP contribution in [-0.4, -0.2) is 16.8 Å². The van der Waals surface area contributed by atoms with E-state index in [0.717, 1.165) is 16.7 Å². The number of nitrogens with two attached hydrogens (primary N) is 1. The second-order valence-corrected chi connectivity index (χ2v) is 9.08. The summed E-state index contributed by atoms with van der Waals surface area (Å²) in [5.74, 6) is -0.745. The maximum atomic E-state index is 13.3. The number of nitrogen functional groups attached to an aromatic ring is 1. The predicted molar refractivity (Wildman–Crippen MR) is 146 cm³/mol. The Morgan fingerprint density at radius 1 is 0.842 bits per heavy atom. The molecule has 5 rings (SSSR count). The number of fused-ring (bicyclic) bond motifs is 2. The van der Waals surface area contributed by atoms with Gasteiger partial charge in [0.1, 0.15) is 11.2 Å². The van der Waals surface area contributed by atoms with E-state index in [9.17, 15) is 14.4 Å². The van der Waals surface area contributed by atoms with Gasteiger partial charge in [-0.2, -0.15) is 0 Å². The summed E-state index contributed by atoms with van der Waals surface area (Å²) in [6, 6.07) is 22.3. The lowest BCUT2D eigenvalue weighted by molar-refractivity contribution is 0.0944. The molecule has 4 N–H and O–H groups in total. The van der Waals surface area contributed by atoms with Crippen LogP contribution in [0.25, 0.3) is 22.6 Å². The number of nitrogens with zero attached hydrogens (tertiary/aromatic N) is 1. The molecule has 0 bridgehead atoms. The van der Waals surface area contributed by atoms with Gasteiger partial charge in [0.05, 0.1) is 16.8 Å². The van der Waals surface area contributed by atoms with E-state index in [1.807, 2.05) is 67.6 Å². The zero-order valence-electron chi connectivity index (χ0n) is 21.0. The zero-order valence-corrected chi connectivity index (χ0v) is 21.0. The van der Waals surface area contributed by atoms with Crippen LogP contribution in [0.1, 0.15) is 43.0 Å². The third kappa shape index (κ3) is 4.59. The second-order valence-electron chi connectivity index (χ2n) is 9.08. The zero-order chi connectivity index (χ0) is 26.8. The minimum atomic E-state index is -0.557. The van der Waals surface area contributed by atoms with Gasteiger partial charge in [0.2, 0.25) is 5.43 Å². The maximum Gasteiger partial charge on any atom is 0.256 e. The third-order valence-corrected chi connectivity index (χ3v) is 6.47. The van der Waals surface area contributed by atoms with Gasteiger partial charge in [-0.25, -0.2) is 4.98 Å². The van der Waals surface area contributed by atoms with Gasteiger partial charge in [-0.15, -0.1) is 0 Å². The minimum absolute atomic E-state index is 0.0747. The van der Waals surface area contributed by atoms with Crippen LogP contribution in [0, 0.1) is 13.8 Å². The van der Waals surface area contributed by atoms with Gasteiger partial charge in [0, 0.05) is 18.7 Å². The standard InChI is InChI=1S/C30H26N4O4/c1-17-13-14-21(29(36)32-15-19-9-5-3-6-10-19)24-27(17)38-28-18(2)26(35)23(31)22(25(28)34-24)30(37)33-16-20-11-7-4-8-12-20/h3-14H,15-16,31H2,1-2H3,(H,32,36)(H,33,37). The number of nitrogens with one attached hydrogen (secondary N) is 2. The van der Waals surface area contributed by atoms with Crippen LogP contribution < -0.4 is 21.8 Å². The van der Waals surface area contributed by atoms with E-state index < -0.39 is 11.3 Å². The number of rotatable bonds is 6. The summed E-state index contributed by atoms with van der Waals surface area (Å²) in [7, 11) is 0. The molecule has 0 unspecified atom stereocenters. The van der Waals surface area contributed by atoms with E-state index in [2.05, 4.69) is 10.6 Å². The summed E-state index contributed by atoms with van der Waals surface area (Å²) in [6.07, 6.45) is 0. The lowest BCUT2D eigenvalue weighted by Crippen LogP contribution is -2.29. The monoisotopic (exact) mass is 506 g/mol. The molecular formula is C30H26N4O4. The largest absolute Gasteiger partial charge is 0.452 e. The number of aromatic nitrogens is 1. The summed E-state index contributed by atoms with van der Waals surface area (Å²) in [5, 5.41) is 5.72. The average Bonchev–Trinajstić information content (AvgIpc) is 2.94. The fourth-order valence-corrected chi connectivity index (χ4v) is 4.35. The van der Waals surface area contributed by atoms with Crippen LogP contribution in [0.15, 0.2) is 82.0 Å². The molecule has 0 saturated heterocycles. The SMILES string of the molecule is Cc1c2oc3c(C)ccc(C(=O)NCc4ccccc4)c3nc-2c(C(=O)NCc2ccccc2)c(N)c1=O. The van der Waals surface area contributed by atoms with Crippen molar-refractivity contribution in [1.29, 1.82) is 0 Å². The molecule has 38 heavy (non-hydrogen) atoms. The molecule has 0 radical (unpaired) electrons. The highest BCUT2D eigenvalue weighted by atomic mass is 16.3. The summed E-state index contributed by atoms with van der Waals surface area (Å²) in [4.78, 5) is 44.2. The number of hydrogen-bond acceptors (Lipinski definition) is 6. The van der Waals surface area contributed by atoms with Crippen LogP contribution in [0.3, 0.4) is 0 Å². The van der Waals surface area contributed by atoms with E-state index in [1.54, 1.807) is 19.1 Å². The molecule has 3 aromatic carbocycles. The first-order valence-corrected chi connectivity index (χ1v) is 12.2. The van der Waals surface area contributed by atoms with Gasteiger partial charge < -0.3 is 20.8 Å². The Kier molecular flexibility index (Phi) is 6.62. The topological polar surface area (TPSA) is 127 Å². The Labute approximate surface area is 218 Å². The number of anilines is 1. The number of aryl methyl sites for hydroxylation is 1. The summed E-state index contributed by atoms with van der Waals surface area (Å²) in [6.45, 7) is 3.97. The fraction of sp³-hybridized carbons (Fsp3) is 0.133. The van der Waals surface area contributed by atoms with Crippen molar-refractivity contribution < 1.29 is 14.0 Å². The molecule has 190 valence electrons. The molecular weight excluding hydrogens is 480 g/mol. The molecule has 1 aliphatic heterocycles. The average molecular weight is 507 g/mol. The van der Waals surface area contributed by atoms with Crippen molar-refractivity contribution in [1.82, 2.24) is 15.6 Å². The molecule has 0 aromatic heterocycles. The highest BCUT2D eigenvalue weighted by Gasteiger charge is 2.28. The summed E-state index contributed by atoms with van der Waals surface area (Å²) in [5.41, 5.74) is 9.22. The molecule has 8 heteroatoms. The van der Waals surface area contributed by atoms with E-state index in [4.69, 9.17) is 15.1 Å². The highest BCUT2D eigenvalue weighted by molar-refractivity contribution is 6.08. The molecule has 2 aliphatic rings. The van der Waals surface area contributed by atoms with Crippen LogP contribution in [0.5, 0.6) is 0 Å². The first kappa shape index (κ1) is 24.7. The molecule has 0 saturated carbocycles. The second kappa shape index (κ2) is 10.2. The lowest BCUT2D eigenvalue weighted by atomic mass is 9.99. The van der Waals surface area contributed by atoms with Gasteiger partial charge in [0.15, 0.2) is 11.3 Å². The number of hydrogen-bond donors (Lipinski definition) is 3. The Morgan fingerprint density at radius 3 is 2.03 bits per heavy atom. The predicted octanol–water partition coefficient (Wildman–Crippen LogP) is 4.35. The van der Waals surface area contributed by atoms with Gasteiger partial charge in [-0.05, 0) is 36.6 Å². The highest BCUT2D eigenvalue weighted by Crippen LogP contribution is 2.34. The number of benzene rings is 4. The van der Waals surface area contributed by atoms with Gasteiger partial charge in [0.25, 0.3) is 11.8 Å². The molecule has 3 aromatic rings. The lowest BCUT2D eigenvalue weighted by Gasteiger charge is -2.17. The minimum Gasteiger partial charge on any atom is -0.452 e. The van der Waals surface area contributed by atoms with E-state index in [1.165, 1.54) is 0 Å². The van der Waals surface area contributed by atoms with Crippen molar-refractivity contribution in [3.8, 4) is 11.5 Å². The number of amides is 2.